The van der Waals surface area contributed by atoms with Crippen LogP contribution in [0.15, 0.2) is 29.6 Å². The van der Waals surface area contributed by atoms with Crippen LogP contribution in [0.25, 0.3) is 21.5 Å². The summed E-state index contributed by atoms with van der Waals surface area (Å²) in [4.78, 5) is 20.3. The Morgan fingerprint density at radius 2 is 2.05 bits per heavy atom. The van der Waals surface area contributed by atoms with Gasteiger partial charge in [0, 0.05) is 10.3 Å². The minimum Gasteiger partial charge on any atom is -0.491 e. The summed E-state index contributed by atoms with van der Waals surface area (Å²) in [5.41, 5.74) is 6.66. The van der Waals surface area contributed by atoms with Gasteiger partial charge in [0.2, 0.25) is 0 Å². The molecule has 3 rings (SSSR count). The molecule has 0 spiro atoms. The topological polar surface area (TPSA) is 87.3 Å². The number of anilines is 1. The van der Waals surface area contributed by atoms with E-state index >= 15 is 0 Å². The van der Waals surface area contributed by atoms with Crippen molar-refractivity contribution in [3.8, 4) is 17.1 Å². The third-order valence-corrected chi connectivity index (χ3v) is 4.07. The van der Waals surface area contributed by atoms with Gasteiger partial charge in [0.15, 0.2) is 23.1 Å². The minimum absolute atomic E-state index is 0.0128. The first kappa shape index (κ1) is 14.3. The number of carbonyl (C=O) groups excluding carboxylic acids is 1. The predicted octanol–water partition coefficient (Wildman–Crippen LogP) is 2.74. The van der Waals surface area contributed by atoms with Gasteiger partial charge in [0.1, 0.15) is 0 Å². The number of thiophene rings is 1. The summed E-state index contributed by atoms with van der Waals surface area (Å²) in [5, 5.41) is 3.15. The zero-order valence-corrected chi connectivity index (χ0v) is 12.8. The van der Waals surface area contributed by atoms with Crippen molar-refractivity contribution in [3.05, 3.63) is 35.3 Å². The van der Waals surface area contributed by atoms with Crippen LogP contribution in [-0.2, 0) is 4.74 Å². The number of fused-ring (bicyclic) bond motifs is 1. The number of benzene rings is 1. The van der Waals surface area contributed by atoms with E-state index in [9.17, 15) is 4.79 Å². The summed E-state index contributed by atoms with van der Waals surface area (Å²) >= 11 is 1.62. The Labute approximate surface area is 130 Å². The van der Waals surface area contributed by atoms with E-state index in [4.69, 9.17) is 15.2 Å². The zero-order chi connectivity index (χ0) is 15.7. The van der Waals surface area contributed by atoms with Gasteiger partial charge in [-0.05, 0) is 22.9 Å². The first-order valence-corrected chi connectivity index (χ1v) is 7.29. The molecule has 22 heavy (non-hydrogen) atoms. The second kappa shape index (κ2) is 5.61. The molecule has 0 bridgehead atoms. The van der Waals surface area contributed by atoms with Crippen LogP contribution in [0.4, 0.5) is 5.82 Å². The Morgan fingerprint density at radius 3 is 2.77 bits per heavy atom. The average molecular weight is 315 g/mol. The van der Waals surface area contributed by atoms with Crippen molar-refractivity contribution in [2.75, 3.05) is 20.0 Å². The number of nitrogens with two attached hydrogens (primary N) is 1. The van der Waals surface area contributed by atoms with Crippen molar-refractivity contribution in [1.29, 1.82) is 0 Å². The standard InChI is InChI=1S/C15H13N3O3S/c1-20-12-11(15(19)21-2)17-14(18-13(12)16)9-4-3-8-5-6-22-10(8)7-9/h3-7H,1-2H3,(H2,16,17,18). The molecule has 2 N–H and O–H groups in total. The molecular weight excluding hydrogens is 302 g/mol. The maximum Gasteiger partial charge on any atom is 0.360 e. The maximum atomic E-state index is 11.9. The number of ether oxygens (including phenoxy) is 2. The smallest absolute Gasteiger partial charge is 0.360 e. The minimum atomic E-state index is -0.621. The molecule has 7 heteroatoms. The third-order valence-electron chi connectivity index (χ3n) is 3.19. The van der Waals surface area contributed by atoms with Gasteiger partial charge in [-0.2, -0.15) is 0 Å². The lowest BCUT2D eigenvalue weighted by atomic mass is 10.1. The number of hydrogen-bond acceptors (Lipinski definition) is 7. The van der Waals surface area contributed by atoms with Crippen molar-refractivity contribution in [3.63, 3.8) is 0 Å². The number of aromatic nitrogens is 2. The molecule has 0 radical (unpaired) electrons. The maximum absolute atomic E-state index is 11.9. The molecule has 0 aliphatic heterocycles. The number of esters is 1. The van der Waals surface area contributed by atoms with Crippen LogP contribution in [0.1, 0.15) is 10.5 Å². The number of hydrogen-bond donors (Lipinski definition) is 1. The largest absolute Gasteiger partial charge is 0.491 e. The molecule has 2 aromatic heterocycles. The Bertz CT molecular complexity index is 860. The third kappa shape index (κ3) is 2.35. The molecule has 2 heterocycles. The Kier molecular flexibility index (Phi) is 3.64. The summed E-state index contributed by atoms with van der Waals surface area (Å²) < 4.78 is 10.9. The van der Waals surface area contributed by atoms with Gasteiger partial charge in [-0.15, -0.1) is 11.3 Å². The number of nitrogens with zero attached hydrogens (tertiary/aromatic N) is 2. The lowest BCUT2D eigenvalue weighted by molar-refractivity contribution is 0.0590. The second-order valence-corrected chi connectivity index (χ2v) is 5.43. The summed E-state index contributed by atoms with van der Waals surface area (Å²) in [6, 6.07) is 7.86. The van der Waals surface area contributed by atoms with Crippen LogP contribution in [-0.4, -0.2) is 30.2 Å². The molecule has 0 unspecified atom stereocenters. The van der Waals surface area contributed by atoms with Crippen LogP contribution in [0.2, 0.25) is 0 Å². The highest BCUT2D eigenvalue weighted by atomic mass is 32.1. The van der Waals surface area contributed by atoms with E-state index < -0.39 is 5.97 Å². The monoisotopic (exact) mass is 315 g/mol. The molecule has 112 valence electrons. The van der Waals surface area contributed by atoms with E-state index in [0.717, 1.165) is 15.6 Å². The van der Waals surface area contributed by atoms with E-state index in [0.29, 0.717) is 5.82 Å². The fourth-order valence-corrected chi connectivity index (χ4v) is 2.96. The molecule has 1 aromatic carbocycles. The van der Waals surface area contributed by atoms with E-state index in [-0.39, 0.29) is 17.3 Å². The Morgan fingerprint density at radius 1 is 1.23 bits per heavy atom. The fraction of sp³-hybridized carbons (Fsp3) is 0.133. The van der Waals surface area contributed by atoms with E-state index in [1.807, 2.05) is 29.6 Å². The molecule has 6 nitrogen and oxygen atoms in total. The molecule has 0 aliphatic carbocycles. The van der Waals surface area contributed by atoms with Crippen LogP contribution < -0.4 is 10.5 Å². The summed E-state index contributed by atoms with van der Waals surface area (Å²) in [7, 11) is 2.68. The van der Waals surface area contributed by atoms with Gasteiger partial charge in [-0.3, -0.25) is 0 Å². The first-order chi connectivity index (χ1) is 10.6. The highest BCUT2D eigenvalue weighted by molar-refractivity contribution is 7.17. The average Bonchev–Trinajstić information content (AvgIpc) is 3.00. The number of methoxy groups -OCH3 is 2. The van der Waals surface area contributed by atoms with Crippen molar-refractivity contribution in [2.45, 2.75) is 0 Å². The second-order valence-electron chi connectivity index (χ2n) is 4.48. The van der Waals surface area contributed by atoms with Gasteiger partial charge < -0.3 is 15.2 Å². The van der Waals surface area contributed by atoms with Gasteiger partial charge in [0.25, 0.3) is 0 Å². The van der Waals surface area contributed by atoms with Gasteiger partial charge in [-0.1, -0.05) is 12.1 Å². The Hall–Kier alpha value is -2.67. The SMILES string of the molecule is COC(=O)c1nc(-c2ccc3ccsc3c2)nc(N)c1OC. The number of rotatable bonds is 3. The van der Waals surface area contributed by atoms with Crippen LogP contribution in [0, 0.1) is 0 Å². The molecule has 0 saturated carbocycles. The first-order valence-electron chi connectivity index (χ1n) is 6.41. The van der Waals surface area contributed by atoms with Gasteiger partial charge in [-0.25, -0.2) is 14.8 Å². The molecule has 0 saturated heterocycles. The van der Waals surface area contributed by atoms with Gasteiger partial charge >= 0.3 is 5.97 Å². The molecule has 0 aliphatic rings. The lowest BCUT2D eigenvalue weighted by Crippen LogP contribution is -2.11. The summed E-state index contributed by atoms with van der Waals surface area (Å²) in [5.74, 6) is -0.0506. The predicted molar refractivity (Wildman–Crippen MR) is 85.2 cm³/mol. The lowest BCUT2D eigenvalue weighted by Gasteiger charge is -2.10. The van der Waals surface area contributed by atoms with Crippen LogP contribution >= 0.6 is 11.3 Å². The molecular formula is C15H13N3O3S. The normalized spacial score (nSPS) is 10.6. The highest BCUT2D eigenvalue weighted by Gasteiger charge is 2.21. The van der Waals surface area contributed by atoms with Crippen molar-refractivity contribution >= 4 is 33.2 Å². The van der Waals surface area contributed by atoms with Crippen molar-refractivity contribution in [1.82, 2.24) is 9.97 Å². The zero-order valence-electron chi connectivity index (χ0n) is 12.0. The summed E-state index contributed by atoms with van der Waals surface area (Å²) in [6.45, 7) is 0. The molecule has 3 aromatic rings. The quantitative estimate of drug-likeness (QED) is 0.748. The van der Waals surface area contributed by atoms with Crippen LogP contribution in [0.3, 0.4) is 0 Å². The number of nitrogen functional groups attached to an aromatic ring is 1. The van der Waals surface area contributed by atoms with E-state index in [1.165, 1.54) is 14.2 Å². The molecule has 0 fully saturated rings. The van der Waals surface area contributed by atoms with Crippen molar-refractivity contribution < 1.29 is 14.3 Å². The summed E-state index contributed by atoms with van der Waals surface area (Å²) in [6.07, 6.45) is 0. The Balaban J connectivity index is 2.17. The van der Waals surface area contributed by atoms with E-state index in [1.54, 1.807) is 11.3 Å². The van der Waals surface area contributed by atoms with Crippen molar-refractivity contribution in [2.24, 2.45) is 0 Å². The molecule has 0 atom stereocenters. The van der Waals surface area contributed by atoms with Gasteiger partial charge in [0.05, 0.1) is 14.2 Å². The fourth-order valence-electron chi connectivity index (χ4n) is 2.13. The molecule has 0 amide bonds. The highest BCUT2D eigenvalue weighted by Crippen LogP contribution is 2.30. The van der Waals surface area contributed by atoms with E-state index in [2.05, 4.69) is 9.97 Å². The van der Waals surface area contributed by atoms with Crippen LogP contribution in [0.5, 0.6) is 5.75 Å². The number of carbonyl (C=O) groups is 1.